The molecule has 0 aromatic carbocycles. The Bertz CT molecular complexity index is 890. The molecule has 34 heavy (non-hydrogen) atoms. The largest absolute Gasteiger partial charge is 0.480 e. The zero-order valence-corrected chi connectivity index (χ0v) is 19.3. The summed E-state index contributed by atoms with van der Waals surface area (Å²) in [5.41, 5.74) is 11.8. The molecule has 1 aliphatic rings. The summed E-state index contributed by atoms with van der Waals surface area (Å²) in [5, 5.41) is 14.5. The Labute approximate surface area is 197 Å². The minimum absolute atomic E-state index is 0.0176. The lowest BCUT2D eigenvalue weighted by Crippen LogP contribution is -2.58. The Balaban J connectivity index is 2.22. The number of hydrogen-bond donors (Lipinski definition) is 6. The summed E-state index contributed by atoms with van der Waals surface area (Å²) in [6.45, 7) is 3.87. The lowest BCUT2D eigenvalue weighted by Gasteiger charge is -2.28. The van der Waals surface area contributed by atoms with Crippen molar-refractivity contribution in [2.24, 2.45) is 17.4 Å². The number of amides is 4. The molecule has 0 radical (unpaired) electrons. The van der Waals surface area contributed by atoms with Gasteiger partial charge in [0.25, 0.3) is 0 Å². The highest BCUT2D eigenvalue weighted by atomic mass is 16.4. The SMILES string of the molecule is CCC(C)C(N)C(=O)NC(Cc1cnc[nH]1)C(=O)NC(CC(N)=O)C(=O)N1CCCC1C(=O)O. The summed E-state index contributed by atoms with van der Waals surface area (Å²) in [4.78, 5) is 69.8. The smallest absolute Gasteiger partial charge is 0.326 e. The third-order valence-electron chi connectivity index (χ3n) is 6.01. The number of imidazole rings is 1. The maximum absolute atomic E-state index is 13.2. The van der Waals surface area contributed by atoms with Gasteiger partial charge in [-0.25, -0.2) is 9.78 Å². The molecule has 0 bridgehead atoms. The molecule has 13 heteroatoms. The molecule has 13 nitrogen and oxygen atoms in total. The fourth-order valence-electron chi connectivity index (χ4n) is 3.77. The Hall–Kier alpha value is -3.48. The summed E-state index contributed by atoms with van der Waals surface area (Å²) < 4.78 is 0. The van der Waals surface area contributed by atoms with Crippen LogP contribution in [-0.4, -0.2) is 80.3 Å². The topological polar surface area (TPSA) is 214 Å². The zero-order chi connectivity index (χ0) is 25.4. The molecule has 1 aliphatic heterocycles. The number of aromatic nitrogens is 2. The van der Waals surface area contributed by atoms with E-state index >= 15 is 0 Å². The molecule has 1 fully saturated rings. The van der Waals surface area contributed by atoms with Crippen LogP contribution in [0.3, 0.4) is 0 Å². The van der Waals surface area contributed by atoms with Gasteiger partial charge in [-0.2, -0.15) is 0 Å². The van der Waals surface area contributed by atoms with Gasteiger partial charge in [-0.05, 0) is 18.8 Å². The quantitative estimate of drug-likeness (QED) is 0.202. The zero-order valence-electron chi connectivity index (χ0n) is 19.3. The van der Waals surface area contributed by atoms with Crippen LogP contribution in [0, 0.1) is 5.92 Å². The standard InChI is InChI=1S/C21H33N7O6/c1-3-11(2)17(23)19(31)26-13(7-12-9-24-10-25-12)18(30)27-14(8-16(22)29)20(32)28-6-4-5-15(28)21(33)34/h9-11,13-15,17H,3-8,23H2,1-2H3,(H2,22,29)(H,24,25)(H,26,31)(H,27,30)(H,33,34). The predicted octanol–water partition coefficient (Wildman–Crippen LogP) is -1.75. The van der Waals surface area contributed by atoms with Gasteiger partial charge in [0.15, 0.2) is 0 Å². The highest BCUT2D eigenvalue weighted by molar-refractivity contribution is 5.96. The Kier molecular flexibility index (Phi) is 9.54. The van der Waals surface area contributed by atoms with Gasteiger partial charge in [-0.1, -0.05) is 20.3 Å². The first-order valence-corrected chi connectivity index (χ1v) is 11.2. The number of nitrogens with zero attached hydrogens (tertiary/aromatic N) is 2. The predicted molar refractivity (Wildman–Crippen MR) is 120 cm³/mol. The second-order valence-electron chi connectivity index (χ2n) is 8.51. The first-order valence-electron chi connectivity index (χ1n) is 11.2. The average Bonchev–Trinajstić information content (AvgIpc) is 3.48. The lowest BCUT2D eigenvalue weighted by atomic mass is 9.98. The second-order valence-corrected chi connectivity index (χ2v) is 8.51. The van der Waals surface area contributed by atoms with Crippen molar-refractivity contribution in [3.05, 3.63) is 18.2 Å². The minimum Gasteiger partial charge on any atom is -0.480 e. The van der Waals surface area contributed by atoms with Crippen molar-refractivity contribution < 1.29 is 29.1 Å². The first kappa shape index (κ1) is 26.8. The molecular formula is C21H33N7O6. The molecule has 1 aromatic rings. The summed E-state index contributed by atoms with van der Waals surface area (Å²) >= 11 is 0. The van der Waals surface area contributed by atoms with E-state index in [9.17, 15) is 29.1 Å². The number of aliphatic carboxylic acids is 1. The maximum Gasteiger partial charge on any atom is 0.326 e. The monoisotopic (exact) mass is 479 g/mol. The van der Waals surface area contributed by atoms with E-state index in [0.29, 0.717) is 18.5 Å². The number of primary amides is 1. The molecule has 5 atom stereocenters. The molecule has 1 saturated heterocycles. The molecular weight excluding hydrogens is 446 g/mol. The third kappa shape index (κ3) is 7.01. The van der Waals surface area contributed by atoms with E-state index in [2.05, 4.69) is 20.6 Å². The van der Waals surface area contributed by atoms with Crippen molar-refractivity contribution in [1.82, 2.24) is 25.5 Å². The third-order valence-corrected chi connectivity index (χ3v) is 6.01. The van der Waals surface area contributed by atoms with Gasteiger partial charge in [0.05, 0.1) is 18.8 Å². The molecule has 0 aliphatic carbocycles. The molecule has 0 saturated carbocycles. The van der Waals surface area contributed by atoms with E-state index in [-0.39, 0.29) is 25.3 Å². The summed E-state index contributed by atoms with van der Waals surface area (Å²) in [7, 11) is 0. The number of carboxylic acids is 1. The summed E-state index contributed by atoms with van der Waals surface area (Å²) in [6, 6.07) is -4.42. The van der Waals surface area contributed by atoms with Crippen LogP contribution in [0.1, 0.15) is 45.2 Å². The highest BCUT2D eigenvalue weighted by Gasteiger charge is 2.39. The number of nitrogens with one attached hydrogen (secondary N) is 3. The van der Waals surface area contributed by atoms with Crippen molar-refractivity contribution in [3.8, 4) is 0 Å². The second kappa shape index (κ2) is 12.1. The van der Waals surface area contributed by atoms with Gasteiger partial charge < -0.3 is 37.1 Å². The molecule has 8 N–H and O–H groups in total. The average molecular weight is 480 g/mol. The van der Waals surface area contributed by atoms with Gasteiger partial charge in [0.2, 0.25) is 23.6 Å². The fraction of sp³-hybridized carbons (Fsp3) is 0.619. The highest BCUT2D eigenvalue weighted by Crippen LogP contribution is 2.19. The van der Waals surface area contributed by atoms with Crippen LogP contribution >= 0.6 is 0 Å². The molecule has 188 valence electrons. The van der Waals surface area contributed by atoms with E-state index in [0.717, 1.165) is 4.90 Å². The maximum atomic E-state index is 13.2. The van der Waals surface area contributed by atoms with Crippen molar-refractivity contribution in [1.29, 1.82) is 0 Å². The van der Waals surface area contributed by atoms with Crippen molar-refractivity contribution >= 4 is 29.6 Å². The van der Waals surface area contributed by atoms with Gasteiger partial charge in [-0.3, -0.25) is 19.2 Å². The van der Waals surface area contributed by atoms with E-state index < -0.39 is 60.2 Å². The number of hydrogen-bond acceptors (Lipinski definition) is 7. The lowest BCUT2D eigenvalue weighted by molar-refractivity contribution is -0.149. The Morgan fingerprint density at radius 1 is 1.24 bits per heavy atom. The van der Waals surface area contributed by atoms with Crippen LogP contribution in [0.5, 0.6) is 0 Å². The van der Waals surface area contributed by atoms with Crippen LogP contribution in [-0.2, 0) is 30.4 Å². The van der Waals surface area contributed by atoms with Crippen molar-refractivity contribution in [2.45, 2.75) is 70.1 Å². The molecule has 4 amide bonds. The number of rotatable bonds is 12. The molecule has 1 aromatic heterocycles. The number of likely N-dealkylation sites (tertiary alicyclic amines) is 1. The number of carbonyl (C=O) groups excluding carboxylic acids is 4. The first-order chi connectivity index (χ1) is 16.0. The Morgan fingerprint density at radius 2 is 1.91 bits per heavy atom. The molecule has 2 heterocycles. The van der Waals surface area contributed by atoms with Gasteiger partial charge in [0, 0.05) is 24.9 Å². The number of aromatic amines is 1. The van der Waals surface area contributed by atoms with Gasteiger partial charge >= 0.3 is 5.97 Å². The fourth-order valence-corrected chi connectivity index (χ4v) is 3.77. The van der Waals surface area contributed by atoms with E-state index in [1.54, 1.807) is 0 Å². The van der Waals surface area contributed by atoms with Crippen LogP contribution in [0.2, 0.25) is 0 Å². The number of H-pyrrole nitrogens is 1. The van der Waals surface area contributed by atoms with Gasteiger partial charge in [-0.15, -0.1) is 0 Å². The Morgan fingerprint density at radius 3 is 2.47 bits per heavy atom. The van der Waals surface area contributed by atoms with Crippen LogP contribution in [0.4, 0.5) is 0 Å². The number of carbonyl (C=O) groups is 5. The number of nitrogens with two attached hydrogens (primary N) is 2. The molecule has 0 spiro atoms. The summed E-state index contributed by atoms with van der Waals surface area (Å²) in [6.07, 6.45) is 3.79. The molecule has 5 unspecified atom stereocenters. The van der Waals surface area contributed by atoms with Crippen LogP contribution in [0.15, 0.2) is 12.5 Å². The summed E-state index contributed by atoms with van der Waals surface area (Å²) in [5.74, 6) is -4.17. The van der Waals surface area contributed by atoms with E-state index in [4.69, 9.17) is 11.5 Å². The van der Waals surface area contributed by atoms with Crippen molar-refractivity contribution in [2.75, 3.05) is 6.54 Å². The number of carboxylic acid groups (broad SMARTS) is 1. The van der Waals surface area contributed by atoms with Crippen LogP contribution in [0.25, 0.3) is 0 Å². The van der Waals surface area contributed by atoms with E-state index in [1.807, 2.05) is 13.8 Å². The van der Waals surface area contributed by atoms with E-state index in [1.165, 1.54) is 12.5 Å². The molecule has 2 rings (SSSR count). The normalized spacial score (nSPS) is 19.0. The van der Waals surface area contributed by atoms with Gasteiger partial charge in [0.1, 0.15) is 18.1 Å². The van der Waals surface area contributed by atoms with Crippen molar-refractivity contribution in [3.63, 3.8) is 0 Å². The van der Waals surface area contributed by atoms with Crippen LogP contribution < -0.4 is 22.1 Å². The minimum atomic E-state index is -1.38.